The van der Waals surface area contributed by atoms with Crippen molar-refractivity contribution in [1.82, 2.24) is 4.98 Å². The monoisotopic (exact) mass is 307 g/mol. The number of benzene rings is 1. The molecule has 2 aromatic rings. The molecule has 1 aromatic heterocycles. The highest BCUT2D eigenvalue weighted by molar-refractivity contribution is 5.61. The maximum atomic E-state index is 13.5. The summed E-state index contributed by atoms with van der Waals surface area (Å²) in [6.07, 6.45) is 1.51. The van der Waals surface area contributed by atoms with Gasteiger partial charge in [-0.2, -0.15) is 0 Å². The topological polar surface area (TPSA) is 22.1 Å². The van der Waals surface area contributed by atoms with Crippen molar-refractivity contribution >= 4 is 0 Å². The van der Waals surface area contributed by atoms with Gasteiger partial charge in [0.2, 0.25) is 0 Å². The van der Waals surface area contributed by atoms with E-state index >= 15 is 0 Å². The molecule has 0 aliphatic rings. The van der Waals surface area contributed by atoms with Gasteiger partial charge in [-0.05, 0) is 30.0 Å². The van der Waals surface area contributed by atoms with Crippen molar-refractivity contribution in [1.29, 1.82) is 0 Å². The van der Waals surface area contributed by atoms with Gasteiger partial charge in [0.1, 0.15) is 17.4 Å². The van der Waals surface area contributed by atoms with Crippen molar-refractivity contribution in [3.63, 3.8) is 0 Å². The van der Waals surface area contributed by atoms with Gasteiger partial charge in [0.05, 0.1) is 12.8 Å². The molecule has 22 heavy (non-hydrogen) atoms. The molecule has 0 spiro atoms. The van der Waals surface area contributed by atoms with Crippen LogP contribution in [0, 0.1) is 23.5 Å². The first-order valence-corrected chi connectivity index (χ1v) is 7.30. The zero-order valence-electron chi connectivity index (χ0n) is 13.7. The second-order valence-corrected chi connectivity index (χ2v) is 5.69. The summed E-state index contributed by atoms with van der Waals surface area (Å²) in [6.45, 7) is 8.96. The van der Waals surface area contributed by atoms with E-state index in [9.17, 15) is 8.78 Å². The zero-order chi connectivity index (χ0) is 16.7. The summed E-state index contributed by atoms with van der Waals surface area (Å²) in [7, 11) is 1.51. The molecule has 0 unspecified atom stereocenters. The number of pyridine rings is 1. The summed E-state index contributed by atoms with van der Waals surface area (Å²) >= 11 is 0. The Labute approximate surface area is 131 Å². The number of methoxy groups -OCH3 is 1. The number of aromatic nitrogens is 1. The highest BCUT2D eigenvalue weighted by atomic mass is 19.1. The molecule has 1 heterocycles. The Bertz CT molecular complexity index is 591. The highest BCUT2D eigenvalue weighted by Crippen LogP contribution is 2.24. The molecule has 4 heteroatoms. The van der Waals surface area contributed by atoms with Gasteiger partial charge in [0, 0.05) is 23.9 Å². The number of halogens is 2. The average molecular weight is 307 g/mol. The molecule has 0 amide bonds. The van der Waals surface area contributed by atoms with Gasteiger partial charge in [0.15, 0.2) is 0 Å². The normalized spacial score (nSPS) is 10.4. The zero-order valence-corrected chi connectivity index (χ0v) is 13.7. The Morgan fingerprint density at radius 3 is 2.09 bits per heavy atom. The third-order valence-electron chi connectivity index (χ3n) is 3.51. The number of hydrogen-bond donors (Lipinski definition) is 0. The lowest BCUT2D eigenvalue weighted by atomic mass is 10.0. The van der Waals surface area contributed by atoms with Gasteiger partial charge in [0.25, 0.3) is 0 Å². The summed E-state index contributed by atoms with van der Waals surface area (Å²) < 4.78 is 31.2. The van der Waals surface area contributed by atoms with Gasteiger partial charge in [-0.25, -0.2) is 8.78 Å². The predicted molar refractivity (Wildman–Crippen MR) is 85.8 cm³/mol. The molecular weight excluding hydrogens is 284 g/mol. The van der Waals surface area contributed by atoms with Crippen LogP contribution in [0.25, 0.3) is 11.3 Å². The van der Waals surface area contributed by atoms with Crippen molar-refractivity contribution < 1.29 is 13.5 Å². The van der Waals surface area contributed by atoms with E-state index in [-0.39, 0.29) is 5.56 Å². The number of ether oxygens (including phenoxy) is 1. The Morgan fingerprint density at radius 2 is 1.59 bits per heavy atom. The van der Waals surface area contributed by atoms with Crippen LogP contribution in [0.1, 0.15) is 27.7 Å². The molecule has 0 N–H and O–H groups in total. The summed E-state index contributed by atoms with van der Waals surface area (Å²) in [5.74, 6) is 1.04. The molecule has 2 nitrogen and oxygen atoms in total. The molecule has 0 aliphatic carbocycles. The first kappa shape index (κ1) is 18.1. The third-order valence-corrected chi connectivity index (χ3v) is 3.51. The van der Waals surface area contributed by atoms with Crippen LogP contribution in [-0.4, -0.2) is 12.1 Å². The van der Waals surface area contributed by atoms with Crippen LogP contribution >= 0.6 is 0 Å². The lowest BCUT2D eigenvalue weighted by Gasteiger charge is -2.05. The van der Waals surface area contributed by atoms with E-state index in [1.807, 2.05) is 0 Å². The van der Waals surface area contributed by atoms with Crippen molar-refractivity contribution in [2.75, 3.05) is 7.11 Å². The van der Waals surface area contributed by atoms with E-state index in [4.69, 9.17) is 4.74 Å². The largest absolute Gasteiger partial charge is 0.497 e. The summed E-state index contributed by atoms with van der Waals surface area (Å²) in [4.78, 5) is 4.01. The molecule has 0 fully saturated rings. The number of hydrogen-bond acceptors (Lipinski definition) is 2. The number of nitrogens with zero attached hydrogens (tertiary/aromatic N) is 1. The molecule has 0 saturated heterocycles. The highest BCUT2D eigenvalue weighted by Gasteiger charge is 2.08. The van der Waals surface area contributed by atoms with Crippen molar-refractivity contribution in [2.24, 2.45) is 11.8 Å². The number of rotatable bonds is 3. The molecule has 0 radical (unpaired) electrons. The van der Waals surface area contributed by atoms with Crippen LogP contribution in [0.4, 0.5) is 8.78 Å². The predicted octanol–water partition coefficient (Wildman–Crippen LogP) is 5.33. The van der Waals surface area contributed by atoms with Gasteiger partial charge >= 0.3 is 0 Å². The lowest BCUT2D eigenvalue weighted by Crippen LogP contribution is -1.95. The Morgan fingerprint density at radius 1 is 0.955 bits per heavy atom. The van der Waals surface area contributed by atoms with Gasteiger partial charge in [-0.3, -0.25) is 4.98 Å². The molecule has 1 aromatic carbocycles. The fraction of sp³-hybridized carbons (Fsp3) is 0.389. The minimum atomic E-state index is -0.638. The van der Waals surface area contributed by atoms with Gasteiger partial charge in [-0.1, -0.05) is 27.7 Å². The summed E-state index contributed by atoms with van der Waals surface area (Å²) in [5, 5.41) is 0. The second-order valence-electron chi connectivity index (χ2n) is 5.69. The fourth-order valence-corrected chi connectivity index (χ4v) is 1.38. The van der Waals surface area contributed by atoms with Crippen LogP contribution in [0.5, 0.6) is 5.75 Å². The molecule has 0 saturated carbocycles. The van der Waals surface area contributed by atoms with E-state index in [2.05, 4.69) is 32.7 Å². The minimum Gasteiger partial charge on any atom is -0.497 e. The first-order chi connectivity index (χ1) is 10.3. The van der Waals surface area contributed by atoms with E-state index in [0.29, 0.717) is 11.4 Å². The van der Waals surface area contributed by atoms with Crippen molar-refractivity contribution in [3.05, 3.63) is 48.2 Å². The average Bonchev–Trinajstić information content (AvgIpc) is 2.47. The maximum Gasteiger partial charge on any atom is 0.135 e. The molecule has 0 aliphatic heterocycles. The second kappa shape index (κ2) is 8.47. The quantitative estimate of drug-likeness (QED) is 0.764. The first-order valence-electron chi connectivity index (χ1n) is 7.30. The van der Waals surface area contributed by atoms with E-state index < -0.39 is 11.6 Å². The standard InChI is InChI=1S/C12H9F2NO.C6H14/c1-16-9-4-5-15-12(7-9)10-3-2-8(13)6-11(10)14;1-5(2)6(3)4/h2-7H,1H3;5-6H,1-4H3. The van der Waals surface area contributed by atoms with Crippen molar-refractivity contribution in [3.8, 4) is 17.0 Å². The van der Waals surface area contributed by atoms with Crippen LogP contribution in [-0.2, 0) is 0 Å². The fourth-order valence-electron chi connectivity index (χ4n) is 1.38. The Kier molecular flexibility index (Phi) is 6.96. The summed E-state index contributed by atoms with van der Waals surface area (Å²) in [6, 6.07) is 6.63. The van der Waals surface area contributed by atoms with E-state index in [1.165, 1.54) is 25.4 Å². The molecular formula is C18H23F2NO. The van der Waals surface area contributed by atoms with Crippen LogP contribution in [0.2, 0.25) is 0 Å². The Balaban J connectivity index is 0.000000346. The van der Waals surface area contributed by atoms with Crippen LogP contribution in [0.3, 0.4) is 0 Å². The summed E-state index contributed by atoms with van der Waals surface area (Å²) in [5.41, 5.74) is 0.664. The molecule has 120 valence electrons. The van der Waals surface area contributed by atoms with E-state index in [0.717, 1.165) is 17.9 Å². The Hall–Kier alpha value is -1.97. The SMILES string of the molecule is CC(C)C(C)C.COc1ccnc(-c2ccc(F)cc2F)c1. The smallest absolute Gasteiger partial charge is 0.135 e. The molecule has 0 atom stereocenters. The van der Waals surface area contributed by atoms with Crippen LogP contribution < -0.4 is 4.74 Å². The maximum absolute atomic E-state index is 13.5. The lowest BCUT2D eigenvalue weighted by molar-refractivity contribution is 0.414. The van der Waals surface area contributed by atoms with Crippen LogP contribution in [0.15, 0.2) is 36.5 Å². The third kappa shape index (κ3) is 5.43. The van der Waals surface area contributed by atoms with Crippen molar-refractivity contribution in [2.45, 2.75) is 27.7 Å². The molecule has 0 bridgehead atoms. The molecule has 2 rings (SSSR count). The van der Waals surface area contributed by atoms with Gasteiger partial charge in [-0.15, -0.1) is 0 Å². The van der Waals surface area contributed by atoms with E-state index in [1.54, 1.807) is 12.1 Å². The van der Waals surface area contributed by atoms with Gasteiger partial charge < -0.3 is 4.74 Å². The minimum absolute atomic E-state index is 0.250.